The summed E-state index contributed by atoms with van der Waals surface area (Å²) >= 11 is 0. The lowest BCUT2D eigenvalue weighted by Gasteiger charge is -2.26. The van der Waals surface area contributed by atoms with E-state index in [9.17, 15) is 0 Å². The fraction of sp³-hybridized carbons (Fsp3) is 0.625. The molecule has 1 aliphatic rings. The second-order valence-electron chi connectivity index (χ2n) is 6.37. The number of aromatic nitrogens is 4. The minimum Gasteiger partial charge on any atom is -0.378 e. The second-order valence-corrected chi connectivity index (χ2v) is 6.37. The molecule has 130 valence electrons. The molecule has 8 nitrogen and oxygen atoms in total. The highest BCUT2D eigenvalue weighted by molar-refractivity contribution is 5.30. The summed E-state index contributed by atoms with van der Waals surface area (Å²) in [6.07, 6.45) is 3.76. The molecule has 1 aliphatic heterocycles. The van der Waals surface area contributed by atoms with Crippen molar-refractivity contribution in [2.75, 3.05) is 38.3 Å². The zero-order valence-electron chi connectivity index (χ0n) is 14.5. The van der Waals surface area contributed by atoms with Gasteiger partial charge in [-0.1, -0.05) is 19.0 Å². The largest absolute Gasteiger partial charge is 0.378 e. The lowest BCUT2D eigenvalue weighted by atomic mass is 10.2. The van der Waals surface area contributed by atoms with Gasteiger partial charge in [0.25, 0.3) is 0 Å². The molecule has 2 aromatic rings. The van der Waals surface area contributed by atoms with Crippen molar-refractivity contribution in [1.82, 2.24) is 25.0 Å². The molecule has 0 radical (unpaired) electrons. The highest BCUT2D eigenvalue weighted by atomic mass is 16.5. The highest BCUT2D eigenvalue weighted by Gasteiger charge is 2.14. The Balaban J connectivity index is 1.54. The van der Waals surface area contributed by atoms with E-state index in [2.05, 4.69) is 29.9 Å². The summed E-state index contributed by atoms with van der Waals surface area (Å²) in [4.78, 5) is 17.6. The summed E-state index contributed by atoms with van der Waals surface area (Å²) < 4.78 is 10.6. The van der Waals surface area contributed by atoms with E-state index in [-0.39, 0.29) is 5.92 Å². The molecule has 0 spiro atoms. The van der Waals surface area contributed by atoms with Crippen LogP contribution in [0.25, 0.3) is 0 Å². The maximum atomic E-state index is 5.35. The van der Waals surface area contributed by atoms with Gasteiger partial charge in [0.1, 0.15) is 0 Å². The zero-order valence-corrected chi connectivity index (χ0v) is 14.5. The van der Waals surface area contributed by atoms with Crippen molar-refractivity contribution in [3.63, 3.8) is 0 Å². The first kappa shape index (κ1) is 16.8. The normalized spacial score (nSPS) is 15.5. The topological polar surface area (TPSA) is 80.4 Å². The number of nitrogens with zero attached hydrogens (tertiary/aromatic N) is 6. The predicted molar refractivity (Wildman–Crippen MR) is 88.6 cm³/mol. The first-order valence-corrected chi connectivity index (χ1v) is 8.26. The number of morpholine rings is 1. The molecule has 24 heavy (non-hydrogen) atoms. The zero-order chi connectivity index (χ0) is 16.9. The Morgan fingerprint density at radius 3 is 2.50 bits per heavy atom. The number of anilines is 1. The molecule has 0 aromatic carbocycles. The van der Waals surface area contributed by atoms with Crippen LogP contribution in [0.4, 0.5) is 5.95 Å². The van der Waals surface area contributed by atoms with Crippen LogP contribution in [0, 0.1) is 0 Å². The Kier molecular flexibility index (Phi) is 5.37. The summed E-state index contributed by atoms with van der Waals surface area (Å²) in [7, 11) is 2.02. The van der Waals surface area contributed by atoms with E-state index >= 15 is 0 Å². The van der Waals surface area contributed by atoms with Gasteiger partial charge in [0.05, 0.1) is 19.8 Å². The van der Waals surface area contributed by atoms with Crippen LogP contribution >= 0.6 is 0 Å². The Morgan fingerprint density at radius 2 is 1.88 bits per heavy atom. The molecule has 3 heterocycles. The van der Waals surface area contributed by atoms with Crippen molar-refractivity contribution in [2.24, 2.45) is 0 Å². The average Bonchev–Trinajstić information content (AvgIpc) is 3.05. The summed E-state index contributed by atoms with van der Waals surface area (Å²) in [6.45, 7) is 8.58. The van der Waals surface area contributed by atoms with Crippen LogP contribution in [0.3, 0.4) is 0 Å². The van der Waals surface area contributed by atoms with E-state index in [1.165, 1.54) is 0 Å². The molecule has 0 saturated carbocycles. The predicted octanol–water partition coefficient (Wildman–Crippen LogP) is 1.45. The average molecular weight is 332 g/mol. The number of hydrogen-bond donors (Lipinski definition) is 0. The maximum Gasteiger partial charge on any atom is 0.229 e. The van der Waals surface area contributed by atoms with Gasteiger partial charge in [-0.15, -0.1) is 0 Å². The van der Waals surface area contributed by atoms with Gasteiger partial charge >= 0.3 is 0 Å². The lowest BCUT2D eigenvalue weighted by Crippen LogP contribution is -2.37. The van der Waals surface area contributed by atoms with Gasteiger partial charge in [0, 0.05) is 43.5 Å². The van der Waals surface area contributed by atoms with Crippen molar-refractivity contribution >= 4 is 5.95 Å². The first-order valence-electron chi connectivity index (χ1n) is 8.26. The lowest BCUT2D eigenvalue weighted by molar-refractivity contribution is 0.122. The van der Waals surface area contributed by atoms with E-state index in [0.717, 1.165) is 44.4 Å². The molecule has 1 fully saturated rings. The molecule has 0 bridgehead atoms. The van der Waals surface area contributed by atoms with Crippen LogP contribution < -0.4 is 4.90 Å². The maximum absolute atomic E-state index is 5.35. The summed E-state index contributed by atoms with van der Waals surface area (Å²) in [5.41, 5.74) is 1.06. The molecule has 0 atom stereocenters. The molecule has 1 saturated heterocycles. The Hall–Kier alpha value is -2.06. The van der Waals surface area contributed by atoms with Gasteiger partial charge < -0.3 is 14.2 Å². The SMILES string of the molecule is CC(C)c1nc(CN(C)Cc2cnc(N3CCOCC3)nc2)no1. The van der Waals surface area contributed by atoms with Crippen LogP contribution in [-0.4, -0.2) is 58.4 Å². The van der Waals surface area contributed by atoms with Crippen LogP contribution in [0.15, 0.2) is 16.9 Å². The molecule has 0 aliphatic carbocycles. The van der Waals surface area contributed by atoms with Crippen molar-refractivity contribution in [3.05, 3.63) is 29.7 Å². The third kappa shape index (κ3) is 4.27. The van der Waals surface area contributed by atoms with Crippen molar-refractivity contribution in [2.45, 2.75) is 32.9 Å². The van der Waals surface area contributed by atoms with Gasteiger partial charge in [-0.25, -0.2) is 9.97 Å². The number of ether oxygens (including phenoxy) is 1. The quantitative estimate of drug-likeness (QED) is 0.786. The molecule has 2 aromatic heterocycles. The molecule has 0 unspecified atom stereocenters. The van der Waals surface area contributed by atoms with E-state index < -0.39 is 0 Å². The first-order chi connectivity index (χ1) is 11.6. The summed E-state index contributed by atoms with van der Waals surface area (Å²) in [5.74, 6) is 2.39. The van der Waals surface area contributed by atoms with Gasteiger partial charge in [-0.3, -0.25) is 4.90 Å². The standard InChI is InChI=1S/C16H24N6O2/c1-12(2)15-19-14(20-24-15)11-21(3)10-13-8-17-16(18-9-13)22-4-6-23-7-5-22/h8-9,12H,4-7,10-11H2,1-3H3. The Morgan fingerprint density at radius 1 is 1.17 bits per heavy atom. The van der Waals surface area contributed by atoms with E-state index in [0.29, 0.717) is 18.3 Å². The van der Waals surface area contributed by atoms with Crippen molar-refractivity contribution < 1.29 is 9.26 Å². The molecule has 8 heteroatoms. The smallest absolute Gasteiger partial charge is 0.229 e. The van der Waals surface area contributed by atoms with Crippen molar-refractivity contribution in [1.29, 1.82) is 0 Å². The van der Waals surface area contributed by atoms with E-state index in [1.807, 2.05) is 33.3 Å². The molecular weight excluding hydrogens is 308 g/mol. The molecular formula is C16H24N6O2. The minimum atomic E-state index is 0.248. The fourth-order valence-electron chi connectivity index (χ4n) is 2.53. The van der Waals surface area contributed by atoms with Crippen LogP contribution in [0.2, 0.25) is 0 Å². The summed E-state index contributed by atoms with van der Waals surface area (Å²) in [5, 5.41) is 4.02. The van der Waals surface area contributed by atoms with E-state index in [1.54, 1.807) is 0 Å². The third-order valence-corrected chi connectivity index (χ3v) is 3.83. The number of hydrogen-bond acceptors (Lipinski definition) is 8. The van der Waals surface area contributed by atoms with Crippen LogP contribution in [-0.2, 0) is 17.8 Å². The van der Waals surface area contributed by atoms with Crippen LogP contribution in [0.5, 0.6) is 0 Å². The summed E-state index contributed by atoms with van der Waals surface area (Å²) in [6, 6.07) is 0. The van der Waals surface area contributed by atoms with Gasteiger partial charge in [0.2, 0.25) is 11.8 Å². The Bertz CT molecular complexity index is 636. The van der Waals surface area contributed by atoms with Crippen molar-refractivity contribution in [3.8, 4) is 0 Å². The molecule has 3 rings (SSSR count). The van der Waals surface area contributed by atoms with E-state index in [4.69, 9.17) is 9.26 Å². The number of rotatable bonds is 6. The molecule has 0 amide bonds. The van der Waals surface area contributed by atoms with Crippen LogP contribution in [0.1, 0.15) is 37.0 Å². The van der Waals surface area contributed by atoms with Gasteiger partial charge in [0.15, 0.2) is 5.82 Å². The highest BCUT2D eigenvalue weighted by Crippen LogP contribution is 2.13. The minimum absolute atomic E-state index is 0.248. The monoisotopic (exact) mass is 332 g/mol. The second kappa shape index (κ2) is 7.67. The van der Waals surface area contributed by atoms with Gasteiger partial charge in [-0.05, 0) is 7.05 Å². The third-order valence-electron chi connectivity index (χ3n) is 3.83. The molecule has 0 N–H and O–H groups in total. The Labute approximate surface area is 141 Å². The van der Waals surface area contributed by atoms with Gasteiger partial charge in [-0.2, -0.15) is 4.98 Å². The fourth-order valence-corrected chi connectivity index (χ4v) is 2.53.